The number of aromatic amines is 1. The zero-order valence-electron chi connectivity index (χ0n) is 13.2. The summed E-state index contributed by atoms with van der Waals surface area (Å²) in [5.41, 5.74) is 0.727. The first-order valence-electron chi connectivity index (χ1n) is 7.41. The Kier molecular flexibility index (Phi) is 4.47. The van der Waals surface area contributed by atoms with Gasteiger partial charge in [-0.3, -0.25) is 4.79 Å². The lowest BCUT2D eigenvalue weighted by atomic mass is 10.0. The van der Waals surface area contributed by atoms with Crippen LogP contribution in [0.4, 0.5) is 8.78 Å². The molecule has 0 aliphatic carbocycles. The fraction of sp³-hybridized carbons (Fsp3) is 0.111. The number of ether oxygens (including phenoxy) is 1. The zero-order chi connectivity index (χ0) is 18.0. The highest BCUT2D eigenvalue weighted by atomic mass is 19.1. The van der Waals surface area contributed by atoms with Crippen LogP contribution < -0.4 is 5.32 Å². The molecule has 7 heteroatoms. The van der Waals surface area contributed by atoms with E-state index in [1.807, 2.05) is 0 Å². The van der Waals surface area contributed by atoms with Crippen molar-refractivity contribution >= 4 is 22.8 Å². The Morgan fingerprint density at radius 2 is 1.96 bits per heavy atom. The van der Waals surface area contributed by atoms with Crippen LogP contribution in [0.25, 0.3) is 10.9 Å². The van der Waals surface area contributed by atoms with E-state index in [0.29, 0.717) is 10.9 Å². The Morgan fingerprint density at radius 1 is 1.16 bits per heavy atom. The lowest BCUT2D eigenvalue weighted by Gasteiger charge is -2.18. The molecule has 0 aliphatic heterocycles. The standard InChI is InChI=1S/C18H14F2N2O3/c1-25-18(24)16(13-9-10(19)5-6-14(13)20)22-17(23)12-3-2-4-15-11(12)7-8-21-15/h2-9,16,21H,1H3,(H,22,23)/t16-/m0/s1. The Labute approximate surface area is 141 Å². The van der Waals surface area contributed by atoms with Crippen LogP contribution in [-0.4, -0.2) is 24.0 Å². The van der Waals surface area contributed by atoms with Crippen LogP contribution in [0.5, 0.6) is 0 Å². The molecular weight excluding hydrogens is 330 g/mol. The van der Waals surface area contributed by atoms with E-state index in [4.69, 9.17) is 0 Å². The van der Waals surface area contributed by atoms with Crippen LogP contribution in [0.1, 0.15) is 22.0 Å². The molecule has 0 saturated heterocycles. The number of fused-ring (bicyclic) bond motifs is 1. The van der Waals surface area contributed by atoms with Crippen molar-refractivity contribution in [1.29, 1.82) is 0 Å². The molecule has 0 radical (unpaired) electrons. The number of amides is 1. The molecular formula is C18H14F2N2O3. The molecule has 1 aromatic heterocycles. The normalized spacial score (nSPS) is 12.0. The van der Waals surface area contributed by atoms with Gasteiger partial charge in [0.25, 0.3) is 5.91 Å². The number of methoxy groups -OCH3 is 1. The summed E-state index contributed by atoms with van der Waals surface area (Å²) in [5.74, 6) is -3.06. The number of aromatic nitrogens is 1. The van der Waals surface area contributed by atoms with Gasteiger partial charge in [-0.25, -0.2) is 13.6 Å². The van der Waals surface area contributed by atoms with Gasteiger partial charge < -0.3 is 15.0 Å². The average molecular weight is 344 g/mol. The third-order valence-corrected chi connectivity index (χ3v) is 3.82. The van der Waals surface area contributed by atoms with Gasteiger partial charge in [-0.15, -0.1) is 0 Å². The third-order valence-electron chi connectivity index (χ3n) is 3.82. The molecule has 0 aliphatic rings. The third kappa shape index (κ3) is 3.21. The van der Waals surface area contributed by atoms with Crippen LogP contribution in [0, 0.1) is 11.6 Å². The summed E-state index contributed by atoms with van der Waals surface area (Å²) in [7, 11) is 1.10. The molecule has 0 unspecified atom stereocenters. The maximum Gasteiger partial charge on any atom is 0.333 e. The van der Waals surface area contributed by atoms with Gasteiger partial charge >= 0.3 is 5.97 Å². The summed E-state index contributed by atoms with van der Waals surface area (Å²) in [4.78, 5) is 27.6. The van der Waals surface area contributed by atoms with Gasteiger partial charge in [0.05, 0.1) is 7.11 Å². The van der Waals surface area contributed by atoms with E-state index in [0.717, 1.165) is 30.8 Å². The quantitative estimate of drug-likeness (QED) is 0.715. The number of halogens is 2. The molecule has 2 aromatic carbocycles. The first-order valence-corrected chi connectivity index (χ1v) is 7.41. The van der Waals surface area contributed by atoms with Gasteiger partial charge in [-0.05, 0) is 36.4 Å². The maximum absolute atomic E-state index is 14.0. The highest BCUT2D eigenvalue weighted by Crippen LogP contribution is 2.22. The lowest BCUT2D eigenvalue weighted by molar-refractivity contribution is -0.143. The fourth-order valence-electron chi connectivity index (χ4n) is 2.61. The maximum atomic E-state index is 14.0. The highest BCUT2D eigenvalue weighted by molar-refractivity contribution is 6.07. The number of esters is 1. The topological polar surface area (TPSA) is 71.2 Å². The first kappa shape index (κ1) is 16.6. The number of rotatable bonds is 4. The molecule has 0 spiro atoms. The molecule has 25 heavy (non-hydrogen) atoms. The fourth-order valence-corrected chi connectivity index (χ4v) is 2.61. The minimum atomic E-state index is -1.47. The van der Waals surface area contributed by atoms with Crippen LogP contribution >= 0.6 is 0 Å². The number of H-pyrrole nitrogens is 1. The van der Waals surface area contributed by atoms with Gasteiger partial charge in [0.1, 0.15) is 11.6 Å². The number of carbonyl (C=O) groups excluding carboxylic acids is 2. The van der Waals surface area contributed by atoms with Crippen molar-refractivity contribution in [1.82, 2.24) is 10.3 Å². The zero-order valence-corrected chi connectivity index (χ0v) is 13.2. The molecule has 1 heterocycles. The van der Waals surface area contributed by atoms with Crippen molar-refractivity contribution < 1.29 is 23.1 Å². The van der Waals surface area contributed by atoms with Crippen molar-refractivity contribution in [3.8, 4) is 0 Å². The van der Waals surface area contributed by atoms with Crippen LogP contribution in [0.2, 0.25) is 0 Å². The minimum Gasteiger partial charge on any atom is -0.467 e. The van der Waals surface area contributed by atoms with E-state index in [1.54, 1.807) is 30.5 Å². The predicted octanol–water partition coefficient (Wildman–Crippen LogP) is 3.09. The minimum absolute atomic E-state index is 0.296. The van der Waals surface area contributed by atoms with Gasteiger partial charge in [0.15, 0.2) is 6.04 Å². The molecule has 128 valence electrons. The number of hydrogen-bond donors (Lipinski definition) is 2. The molecule has 2 N–H and O–H groups in total. The second-order valence-corrected chi connectivity index (χ2v) is 5.34. The lowest BCUT2D eigenvalue weighted by Crippen LogP contribution is -2.35. The molecule has 3 aromatic rings. The number of carbonyl (C=O) groups is 2. The van der Waals surface area contributed by atoms with E-state index >= 15 is 0 Å². The summed E-state index contributed by atoms with van der Waals surface area (Å²) in [6.07, 6.45) is 1.67. The summed E-state index contributed by atoms with van der Waals surface area (Å²) < 4.78 is 32.1. The summed E-state index contributed by atoms with van der Waals surface area (Å²) in [6.45, 7) is 0. The second kappa shape index (κ2) is 6.72. The summed E-state index contributed by atoms with van der Waals surface area (Å²) in [5, 5.41) is 3.06. The molecule has 5 nitrogen and oxygen atoms in total. The molecule has 1 atom stereocenters. The monoisotopic (exact) mass is 344 g/mol. The predicted molar refractivity (Wildman–Crippen MR) is 86.9 cm³/mol. The first-order chi connectivity index (χ1) is 12.0. The Bertz CT molecular complexity index is 952. The van der Waals surface area contributed by atoms with Gasteiger partial charge in [0, 0.05) is 28.2 Å². The number of nitrogens with one attached hydrogen (secondary N) is 2. The summed E-state index contributed by atoms with van der Waals surface area (Å²) in [6, 6.07) is 7.94. The second-order valence-electron chi connectivity index (χ2n) is 5.34. The highest BCUT2D eigenvalue weighted by Gasteiger charge is 2.28. The van der Waals surface area contributed by atoms with Crippen molar-refractivity contribution in [3.63, 3.8) is 0 Å². The molecule has 0 bridgehead atoms. The molecule has 0 fully saturated rings. The molecule has 1 amide bonds. The van der Waals surface area contributed by atoms with Crippen LogP contribution in [-0.2, 0) is 9.53 Å². The van der Waals surface area contributed by atoms with Crippen molar-refractivity contribution in [3.05, 3.63) is 71.4 Å². The Hall–Kier alpha value is -3.22. The average Bonchev–Trinajstić information content (AvgIpc) is 3.09. The molecule has 0 saturated carbocycles. The smallest absolute Gasteiger partial charge is 0.333 e. The van der Waals surface area contributed by atoms with E-state index in [1.165, 1.54) is 0 Å². The Morgan fingerprint density at radius 3 is 2.72 bits per heavy atom. The number of benzene rings is 2. The van der Waals surface area contributed by atoms with Crippen molar-refractivity contribution in [2.45, 2.75) is 6.04 Å². The van der Waals surface area contributed by atoms with E-state index in [9.17, 15) is 18.4 Å². The van der Waals surface area contributed by atoms with E-state index in [-0.39, 0.29) is 5.56 Å². The number of hydrogen-bond acceptors (Lipinski definition) is 3. The van der Waals surface area contributed by atoms with Crippen LogP contribution in [0.15, 0.2) is 48.7 Å². The van der Waals surface area contributed by atoms with Crippen molar-refractivity contribution in [2.24, 2.45) is 0 Å². The largest absolute Gasteiger partial charge is 0.467 e. The van der Waals surface area contributed by atoms with Gasteiger partial charge in [0.2, 0.25) is 0 Å². The SMILES string of the molecule is COC(=O)[C@@H](NC(=O)c1cccc2[nH]ccc12)c1cc(F)ccc1F. The van der Waals surface area contributed by atoms with Gasteiger partial charge in [-0.2, -0.15) is 0 Å². The van der Waals surface area contributed by atoms with Gasteiger partial charge in [-0.1, -0.05) is 6.07 Å². The van der Waals surface area contributed by atoms with E-state index in [2.05, 4.69) is 15.0 Å². The molecule has 3 rings (SSSR count). The van der Waals surface area contributed by atoms with Crippen molar-refractivity contribution in [2.75, 3.05) is 7.11 Å². The summed E-state index contributed by atoms with van der Waals surface area (Å²) >= 11 is 0. The van der Waals surface area contributed by atoms with E-state index < -0.39 is 29.6 Å². The Balaban J connectivity index is 1.98. The van der Waals surface area contributed by atoms with Crippen LogP contribution in [0.3, 0.4) is 0 Å².